The molecule has 1 saturated heterocycles. The van der Waals surface area contributed by atoms with Gasteiger partial charge in [0.05, 0.1) is 33.2 Å². The number of amides is 2. The highest BCUT2D eigenvalue weighted by Gasteiger charge is 2.52. The summed E-state index contributed by atoms with van der Waals surface area (Å²) < 4.78 is 79.2. The minimum absolute atomic E-state index is 0.170. The van der Waals surface area contributed by atoms with Gasteiger partial charge in [0.2, 0.25) is 0 Å². The van der Waals surface area contributed by atoms with Gasteiger partial charge in [-0.05, 0) is 52.0 Å². The van der Waals surface area contributed by atoms with Crippen molar-refractivity contribution in [3.05, 3.63) is 52.6 Å². The minimum Gasteiger partial charge on any atom is -0.399 e. The van der Waals surface area contributed by atoms with Crippen LogP contribution in [0.2, 0.25) is 5.02 Å². The van der Waals surface area contributed by atoms with Crippen molar-refractivity contribution in [2.45, 2.75) is 45.1 Å². The summed E-state index contributed by atoms with van der Waals surface area (Å²) in [5.41, 5.74) is -3.69. The monoisotopic (exact) mass is 476 g/mol. The summed E-state index contributed by atoms with van der Waals surface area (Å²) in [6.45, 7) is 7.00. The number of benzene rings is 2. The average molecular weight is 477 g/mol. The van der Waals surface area contributed by atoms with Crippen molar-refractivity contribution < 1.29 is 36.1 Å². The van der Waals surface area contributed by atoms with Crippen molar-refractivity contribution in [2.75, 3.05) is 10.6 Å². The van der Waals surface area contributed by atoms with Gasteiger partial charge in [-0.15, -0.1) is 0 Å². The maximum absolute atomic E-state index is 14.7. The van der Waals surface area contributed by atoms with E-state index in [4.69, 9.17) is 20.9 Å². The second kappa shape index (κ2) is 8.20. The zero-order valence-electron chi connectivity index (χ0n) is 17.5. The molecule has 1 fully saturated rings. The number of nitrogens with one attached hydrogen (secondary N) is 2. The largest absolute Gasteiger partial charge is 0.497 e. The summed E-state index contributed by atoms with van der Waals surface area (Å²) in [5, 5.41) is 3.97. The van der Waals surface area contributed by atoms with Crippen molar-refractivity contribution in [1.29, 1.82) is 0 Å². The molecule has 2 aromatic carbocycles. The molecule has 0 atom stereocenters. The SMILES string of the molecule is CC1(C)OB(c2cc(F)c(NC(=O)Nc3cc(C(F)(F)F)ccc3Cl)cc2F)OC1(C)C. The van der Waals surface area contributed by atoms with E-state index in [-0.39, 0.29) is 16.2 Å². The van der Waals surface area contributed by atoms with Gasteiger partial charge in [-0.2, -0.15) is 13.2 Å². The maximum atomic E-state index is 14.7. The van der Waals surface area contributed by atoms with Crippen LogP contribution in [-0.2, 0) is 15.5 Å². The molecule has 5 nitrogen and oxygen atoms in total. The molecule has 1 aliphatic rings. The highest BCUT2D eigenvalue weighted by atomic mass is 35.5. The Labute approximate surface area is 186 Å². The van der Waals surface area contributed by atoms with Gasteiger partial charge in [0.1, 0.15) is 11.6 Å². The molecule has 2 N–H and O–H groups in total. The number of hydrogen-bond acceptors (Lipinski definition) is 3. The van der Waals surface area contributed by atoms with Gasteiger partial charge in [-0.3, -0.25) is 0 Å². The zero-order chi connectivity index (χ0) is 24.1. The number of hydrogen-bond donors (Lipinski definition) is 2. The van der Waals surface area contributed by atoms with Crippen molar-refractivity contribution in [3.63, 3.8) is 0 Å². The van der Waals surface area contributed by atoms with Crippen LogP contribution in [0.3, 0.4) is 0 Å². The van der Waals surface area contributed by atoms with Gasteiger partial charge in [-0.25, -0.2) is 13.6 Å². The van der Waals surface area contributed by atoms with Gasteiger partial charge in [0.15, 0.2) is 0 Å². The molecule has 0 aromatic heterocycles. The number of carbonyl (C=O) groups excluding carboxylic acids is 1. The first kappa shape index (κ1) is 24.3. The average Bonchev–Trinajstić information content (AvgIpc) is 2.86. The van der Waals surface area contributed by atoms with Crippen LogP contribution in [0, 0.1) is 11.6 Å². The Bertz CT molecular complexity index is 1050. The van der Waals surface area contributed by atoms with Gasteiger partial charge >= 0.3 is 19.3 Å². The van der Waals surface area contributed by atoms with Crippen molar-refractivity contribution in [3.8, 4) is 0 Å². The second-order valence-corrected chi connectivity index (χ2v) is 8.62. The molecule has 2 aromatic rings. The molecular formula is C20H19BClF5N2O3. The van der Waals surface area contributed by atoms with E-state index in [0.29, 0.717) is 6.07 Å². The van der Waals surface area contributed by atoms with E-state index in [0.717, 1.165) is 24.3 Å². The highest BCUT2D eigenvalue weighted by Crippen LogP contribution is 2.37. The fourth-order valence-electron chi connectivity index (χ4n) is 2.88. The normalized spacial score (nSPS) is 17.4. The second-order valence-electron chi connectivity index (χ2n) is 8.21. The van der Waals surface area contributed by atoms with Crippen LogP contribution in [0.25, 0.3) is 0 Å². The lowest BCUT2D eigenvalue weighted by atomic mass is 9.78. The minimum atomic E-state index is -4.66. The van der Waals surface area contributed by atoms with Crippen molar-refractivity contribution >= 4 is 41.6 Å². The Balaban J connectivity index is 1.78. The summed E-state index contributed by atoms with van der Waals surface area (Å²) in [7, 11) is -1.17. The first-order chi connectivity index (χ1) is 14.6. The molecule has 0 aliphatic carbocycles. The fraction of sp³-hybridized carbons (Fsp3) is 0.350. The van der Waals surface area contributed by atoms with Crippen LogP contribution in [-0.4, -0.2) is 24.4 Å². The number of anilines is 2. The number of alkyl halides is 3. The number of carbonyl (C=O) groups is 1. The van der Waals surface area contributed by atoms with Crippen LogP contribution in [0.4, 0.5) is 38.1 Å². The lowest BCUT2D eigenvalue weighted by Gasteiger charge is -2.32. The van der Waals surface area contributed by atoms with Crippen LogP contribution in [0.15, 0.2) is 30.3 Å². The summed E-state index contributed by atoms with van der Waals surface area (Å²) in [6.07, 6.45) is -4.66. The van der Waals surface area contributed by atoms with E-state index in [1.807, 2.05) is 5.32 Å². The molecule has 12 heteroatoms. The molecule has 1 heterocycles. The third-order valence-corrected chi connectivity index (χ3v) is 5.71. The number of halogens is 6. The fourth-order valence-corrected chi connectivity index (χ4v) is 3.05. The van der Waals surface area contributed by atoms with E-state index in [1.54, 1.807) is 27.7 Å². The number of urea groups is 1. The Morgan fingerprint density at radius 1 is 0.938 bits per heavy atom. The lowest BCUT2D eigenvalue weighted by molar-refractivity contribution is -0.137. The van der Waals surface area contributed by atoms with Crippen LogP contribution in [0.5, 0.6) is 0 Å². The molecule has 1 aliphatic heterocycles. The van der Waals surface area contributed by atoms with E-state index in [2.05, 4.69) is 5.32 Å². The Morgan fingerprint density at radius 2 is 1.50 bits per heavy atom. The number of rotatable bonds is 3. The Kier molecular flexibility index (Phi) is 6.22. The third-order valence-electron chi connectivity index (χ3n) is 5.38. The van der Waals surface area contributed by atoms with Crippen LogP contribution >= 0.6 is 11.6 Å². The van der Waals surface area contributed by atoms with E-state index in [1.165, 1.54) is 0 Å². The van der Waals surface area contributed by atoms with Crippen LogP contribution in [0.1, 0.15) is 33.3 Å². The lowest BCUT2D eigenvalue weighted by Crippen LogP contribution is -2.41. The molecule has 0 unspecified atom stereocenters. The zero-order valence-corrected chi connectivity index (χ0v) is 18.2. The molecule has 172 valence electrons. The van der Waals surface area contributed by atoms with Gasteiger partial charge in [-0.1, -0.05) is 11.6 Å². The standard InChI is InChI=1S/C20H19BClF5N2O3/c1-18(2)19(3,4)32-21(31-18)11-8-14(24)16(9-13(11)23)29-17(30)28-15-7-10(20(25,26)27)5-6-12(15)22/h5-9H,1-4H3,(H2,28,29,30). The predicted molar refractivity (Wildman–Crippen MR) is 111 cm³/mol. The third kappa shape index (κ3) is 4.84. The first-order valence-corrected chi connectivity index (χ1v) is 9.78. The first-order valence-electron chi connectivity index (χ1n) is 9.40. The smallest absolute Gasteiger partial charge is 0.399 e. The predicted octanol–water partition coefficient (Wildman–Crippen LogP) is 5.58. The quantitative estimate of drug-likeness (QED) is 0.449. The van der Waals surface area contributed by atoms with Gasteiger partial charge in [0, 0.05) is 11.5 Å². The highest BCUT2D eigenvalue weighted by molar-refractivity contribution is 6.62. The molecule has 2 amide bonds. The molecule has 0 bridgehead atoms. The Hall–Kier alpha value is -2.37. The molecule has 0 spiro atoms. The molecule has 3 rings (SSSR count). The van der Waals surface area contributed by atoms with Crippen LogP contribution < -0.4 is 16.1 Å². The van der Waals surface area contributed by atoms with Gasteiger partial charge < -0.3 is 19.9 Å². The summed E-state index contributed by atoms with van der Waals surface area (Å²) >= 11 is 5.82. The van der Waals surface area contributed by atoms with E-state index >= 15 is 0 Å². The summed E-state index contributed by atoms with van der Waals surface area (Å²) in [4.78, 5) is 12.2. The van der Waals surface area contributed by atoms with Crippen molar-refractivity contribution in [1.82, 2.24) is 0 Å². The topological polar surface area (TPSA) is 59.6 Å². The maximum Gasteiger partial charge on any atom is 0.497 e. The molecular weight excluding hydrogens is 457 g/mol. The molecule has 0 radical (unpaired) electrons. The van der Waals surface area contributed by atoms with E-state index in [9.17, 15) is 26.7 Å². The molecule has 32 heavy (non-hydrogen) atoms. The summed E-state index contributed by atoms with van der Waals surface area (Å²) in [6, 6.07) is 2.76. The Morgan fingerprint density at radius 3 is 2.06 bits per heavy atom. The van der Waals surface area contributed by atoms with Gasteiger partial charge in [0.25, 0.3) is 0 Å². The molecule has 0 saturated carbocycles. The summed E-state index contributed by atoms with van der Waals surface area (Å²) in [5.74, 6) is -1.90. The van der Waals surface area contributed by atoms with Crippen molar-refractivity contribution in [2.24, 2.45) is 0 Å². The van der Waals surface area contributed by atoms with E-state index < -0.39 is 53.4 Å².